The molecule has 4 heterocycles. The van der Waals surface area contributed by atoms with Crippen molar-refractivity contribution in [2.24, 2.45) is 11.8 Å². The predicted molar refractivity (Wildman–Crippen MR) is 130 cm³/mol. The van der Waals surface area contributed by atoms with E-state index in [1.165, 1.54) is 19.3 Å². The van der Waals surface area contributed by atoms with E-state index in [0.29, 0.717) is 31.1 Å². The van der Waals surface area contributed by atoms with Crippen LogP contribution in [0.5, 0.6) is 5.75 Å². The molecule has 0 spiro atoms. The Morgan fingerprint density at radius 3 is 2.53 bits per heavy atom. The molecule has 1 aliphatic carbocycles. The molecule has 0 bridgehead atoms. The zero-order valence-electron chi connectivity index (χ0n) is 20.7. The van der Waals surface area contributed by atoms with E-state index in [-0.39, 0.29) is 36.2 Å². The number of rotatable bonds is 4. The van der Waals surface area contributed by atoms with Gasteiger partial charge in [0.05, 0.1) is 12.7 Å². The van der Waals surface area contributed by atoms with E-state index in [9.17, 15) is 18.8 Å². The molecule has 9 heteroatoms. The summed E-state index contributed by atoms with van der Waals surface area (Å²) < 4.78 is 24.3. The monoisotopic (exact) mass is 501 g/mol. The summed E-state index contributed by atoms with van der Waals surface area (Å²) in [7, 11) is 0. The second-order valence-electron chi connectivity index (χ2n) is 10.6. The molecule has 1 saturated carbocycles. The van der Waals surface area contributed by atoms with Crippen molar-refractivity contribution in [3.63, 3.8) is 0 Å². The Morgan fingerprint density at radius 2 is 1.83 bits per heavy atom. The summed E-state index contributed by atoms with van der Waals surface area (Å²) in [6.45, 7) is 3.47. The average molecular weight is 502 g/mol. The molecule has 6 rings (SSSR count). The van der Waals surface area contributed by atoms with Gasteiger partial charge in [0.1, 0.15) is 18.0 Å². The molecule has 0 radical (unpaired) electrons. The Hall–Kier alpha value is -2.52. The Balaban J connectivity index is 0.000000202. The van der Waals surface area contributed by atoms with Crippen molar-refractivity contribution in [2.45, 2.75) is 76.2 Å². The van der Waals surface area contributed by atoms with Crippen molar-refractivity contribution >= 4 is 17.7 Å². The minimum atomic E-state index is -0.712. The Bertz CT molecular complexity index is 976. The summed E-state index contributed by atoms with van der Waals surface area (Å²) in [6, 6.07) is 5.00. The third-order valence-corrected chi connectivity index (χ3v) is 8.11. The molecule has 3 amide bonds. The number of piperidine rings is 1. The molecule has 4 aliphatic heterocycles. The fourth-order valence-corrected chi connectivity index (χ4v) is 5.86. The summed E-state index contributed by atoms with van der Waals surface area (Å²) >= 11 is 0. The molecule has 3 unspecified atom stereocenters. The summed E-state index contributed by atoms with van der Waals surface area (Å²) in [5, 5.41) is 5.49. The van der Waals surface area contributed by atoms with Crippen LogP contribution in [0.1, 0.15) is 67.3 Å². The van der Waals surface area contributed by atoms with Crippen molar-refractivity contribution in [3.05, 3.63) is 29.3 Å². The summed E-state index contributed by atoms with van der Waals surface area (Å²) in [5.74, 6) is 0.848. The van der Waals surface area contributed by atoms with E-state index in [2.05, 4.69) is 10.6 Å². The Labute approximate surface area is 211 Å². The molecule has 0 aromatic heterocycles. The van der Waals surface area contributed by atoms with Crippen LogP contribution in [-0.2, 0) is 20.9 Å². The standard InChI is InChI=1S/C19H22N2O4.C8H14FNO/c22-17-9-8-16(18(23)20-17)21-11-12-10-14(6-7-15(12)19(21)24)25-13-4-2-1-3-5-13;9-8-5-11-2-1-7(8)6-3-10-4-6/h6-7,10,13,16H,1-5,8-9,11H2,(H,20,22,23);6-8,10H,1-5H2. The molecular weight excluding hydrogens is 465 g/mol. The average Bonchev–Trinajstić information content (AvgIpc) is 3.16. The highest BCUT2D eigenvalue weighted by molar-refractivity contribution is 6.05. The van der Waals surface area contributed by atoms with Gasteiger partial charge in [-0.1, -0.05) is 6.42 Å². The number of carbonyl (C=O) groups is 3. The van der Waals surface area contributed by atoms with E-state index < -0.39 is 12.2 Å². The van der Waals surface area contributed by atoms with Crippen LogP contribution in [0.2, 0.25) is 0 Å². The minimum Gasteiger partial charge on any atom is -0.490 e. The van der Waals surface area contributed by atoms with Gasteiger partial charge in [0, 0.05) is 25.1 Å². The molecular formula is C27H36FN3O5. The minimum absolute atomic E-state index is 0.145. The predicted octanol–water partition coefficient (Wildman–Crippen LogP) is 2.74. The van der Waals surface area contributed by atoms with Gasteiger partial charge in [0.2, 0.25) is 11.8 Å². The summed E-state index contributed by atoms with van der Waals surface area (Å²) in [5.41, 5.74) is 1.52. The van der Waals surface area contributed by atoms with Crippen LogP contribution in [0.3, 0.4) is 0 Å². The molecule has 2 N–H and O–H groups in total. The molecule has 36 heavy (non-hydrogen) atoms. The van der Waals surface area contributed by atoms with Crippen molar-refractivity contribution in [1.82, 2.24) is 15.5 Å². The van der Waals surface area contributed by atoms with E-state index in [1.807, 2.05) is 12.1 Å². The van der Waals surface area contributed by atoms with Crippen LogP contribution in [0.15, 0.2) is 18.2 Å². The number of imide groups is 1. The largest absolute Gasteiger partial charge is 0.490 e. The second kappa shape index (κ2) is 11.3. The number of amides is 3. The molecule has 8 nitrogen and oxygen atoms in total. The highest BCUT2D eigenvalue weighted by Gasteiger charge is 2.39. The van der Waals surface area contributed by atoms with Gasteiger partial charge >= 0.3 is 0 Å². The zero-order valence-corrected chi connectivity index (χ0v) is 20.7. The second-order valence-corrected chi connectivity index (χ2v) is 10.6. The summed E-state index contributed by atoms with van der Waals surface area (Å²) in [6.07, 6.45) is 6.96. The van der Waals surface area contributed by atoms with Gasteiger partial charge in [-0.2, -0.15) is 0 Å². The van der Waals surface area contributed by atoms with Gasteiger partial charge in [-0.3, -0.25) is 19.7 Å². The van der Waals surface area contributed by atoms with E-state index in [4.69, 9.17) is 9.47 Å². The summed E-state index contributed by atoms with van der Waals surface area (Å²) in [4.78, 5) is 37.6. The van der Waals surface area contributed by atoms with E-state index in [0.717, 1.165) is 50.3 Å². The first kappa shape index (κ1) is 25.1. The Morgan fingerprint density at radius 1 is 1.03 bits per heavy atom. The highest BCUT2D eigenvalue weighted by atomic mass is 19.1. The number of benzene rings is 1. The lowest BCUT2D eigenvalue weighted by Crippen LogP contribution is -2.52. The quantitative estimate of drug-likeness (QED) is 0.616. The number of hydrogen-bond donors (Lipinski definition) is 2. The molecule has 196 valence electrons. The first-order valence-electron chi connectivity index (χ1n) is 13.4. The van der Waals surface area contributed by atoms with Gasteiger partial charge in [-0.25, -0.2) is 4.39 Å². The number of ether oxygens (including phenoxy) is 2. The fourth-order valence-electron chi connectivity index (χ4n) is 5.86. The third-order valence-electron chi connectivity index (χ3n) is 8.11. The highest BCUT2D eigenvalue weighted by Crippen LogP contribution is 2.32. The number of halogens is 1. The SMILES string of the molecule is FC1COCCC1C1CNC1.O=C1CCC(N2Cc3cc(OC4CCCCC4)ccc3C2=O)C(=O)N1. The number of nitrogens with one attached hydrogen (secondary N) is 2. The van der Waals surface area contributed by atoms with Crippen molar-refractivity contribution < 1.29 is 28.2 Å². The smallest absolute Gasteiger partial charge is 0.255 e. The molecule has 1 aromatic rings. The maximum Gasteiger partial charge on any atom is 0.255 e. The first-order chi connectivity index (χ1) is 17.5. The van der Waals surface area contributed by atoms with E-state index >= 15 is 0 Å². The zero-order chi connectivity index (χ0) is 25.1. The third kappa shape index (κ3) is 5.57. The van der Waals surface area contributed by atoms with Crippen LogP contribution in [-0.4, -0.2) is 67.2 Å². The molecule has 5 aliphatic rings. The lowest BCUT2D eigenvalue weighted by Gasteiger charge is -2.38. The maximum absolute atomic E-state index is 13.2. The van der Waals surface area contributed by atoms with Gasteiger partial charge < -0.3 is 19.7 Å². The van der Waals surface area contributed by atoms with Gasteiger partial charge in [-0.15, -0.1) is 0 Å². The normalized spacial score (nSPS) is 29.1. The number of alkyl halides is 1. The lowest BCUT2D eigenvalue weighted by molar-refractivity contribution is -0.136. The molecule has 3 atom stereocenters. The first-order valence-corrected chi connectivity index (χ1v) is 13.4. The number of fused-ring (bicyclic) bond motifs is 1. The number of nitrogens with zero attached hydrogens (tertiary/aromatic N) is 1. The van der Waals surface area contributed by atoms with Crippen LogP contribution in [0.25, 0.3) is 0 Å². The van der Waals surface area contributed by atoms with Crippen LogP contribution in [0.4, 0.5) is 4.39 Å². The van der Waals surface area contributed by atoms with Gasteiger partial charge in [0.15, 0.2) is 0 Å². The topological polar surface area (TPSA) is 97.0 Å². The van der Waals surface area contributed by atoms with Crippen molar-refractivity contribution in [1.29, 1.82) is 0 Å². The molecule has 3 saturated heterocycles. The van der Waals surface area contributed by atoms with Crippen LogP contribution in [0, 0.1) is 11.8 Å². The van der Waals surface area contributed by atoms with E-state index in [1.54, 1.807) is 11.0 Å². The van der Waals surface area contributed by atoms with Crippen LogP contribution >= 0.6 is 0 Å². The maximum atomic E-state index is 13.2. The lowest BCUT2D eigenvalue weighted by atomic mass is 9.81. The Kier molecular flexibility index (Phi) is 7.86. The van der Waals surface area contributed by atoms with Crippen LogP contribution < -0.4 is 15.4 Å². The van der Waals surface area contributed by atoms with Gasteiger partial charge in [0.25, 0.3) is 5.91 Å². The number of carbonyl (C=O) groups excluding carboxylic acids is 3. The molecule has 1 aromatic carbocycles. The van der Waals surface area contributed by atoms with Crippen molar-refractivity contribution in [2.75, 3.05) is 26.3 Å². The van der Waals surface area contributed by atoms with Crippen molar-refractivity contribution in [3.8, 4) is 5.75 Å². The fraction of sp³-hybridized carbons (Fsp3) is 0.667. The molecule has 4 fully saturated rings. The number of hydrogen-bond acceptors (Lipinski definition) is 6. The van der Waals surface area contributed by atoms with Gasteiger partial charge in [-0.05, 0) is 87.2 Å².